The number of benzene rings is 1. The molecular formula is C21H28N4O4. The predicted molar refractivity (Wildman–Crippen MR) is 109 cm³/mol. The van der Waals surface area contributed by atoms with Gasteiger partial charge in [-0.3, -0.25) is 4.79 Å². The molecule has 2 saturated heterocycles. The van der Waals surface area contributed by atoms with Gasteiger partial charge in [0.15, 0.2) is 0 Å². The van der Waals surface area contributed by atoms with Crippen molar-refractivity contribution < 1.29 is 19.1 Å². The molecule has 29 heavy (non-hydrogen) atoms. The van der Waals surface area contributed by atoms with Crippen molar-refractivity contribution >= 4 is 22.8 Å². The molecule has 1 aromatic heterocycles. The maximum absolute atomic E-state index is 12.5. The Bertz CT molecular complexity index is 867. The molecule has 156 valence electrons. The van der Waals surface area contributed by atoms with E-state index < -0.39 is 0 Å². The molecule has 3 amide bonds. The zero-order valence-corrected chi connectivity index (χ0v) is 16.5. The van der Waals surface area contributed by atoms with Crippen LogP contribution in [-0.2, 0) is 16.1 Å². The first kappa shape index (κ1) is 19.6. The second-order valence-electron chi connectivity index (χ2n) is 7.74. The lowest BCUT2D eigenvalue weighted by Crippen LogP contribution is -2.50. The number of amides is 3. The Morgan fingerprint density at radius 3 is 2.62 bits per heavy atom. The van der Waals surface area contributed by atoms with Gasteiger partial charge in [-0.05, 0) is 31.0 Å². The molecule has 0 unspecified atom stereocenters. The van der Waals surface area contributed by atoms with Gasteiger partial charge in [0.2, 0.25) is 5.91 Å². The topological polar surface area (TPSA) is 98.8 Å². The van der Waals surface area contributed by atoms with E-state index in [9.17, 15) is 9.59 Å². The number of piperidine rings is 1. The Balaban J connectivity index is 1.33. The number of primary amides is 1. The van der Waals surface area contributed by atoms with Gasteiger partial charge in [-0.2, -0.15) is 0 Å². The third-order valence-electron chi connectivity index (χ3n) is 5.67. The summed E-state index contributed by atoms with van der Waals surface area (Å²) in [7, 11) is 0. The van der Waals surface area contributed by atoms with Crippen molar-refractivity contribution in [2.24, 2.45) is 5.73 Å². The summed E-state index contributed by atoms with van der Waals surface area (Å²) < 4.78 is 13.4. The number of hydrogen-bond donors (Lipinski definition) is 2. The zero-order chi connectivity index (χ0) is 20.2. The van der Waals surface area contributed by atoms with Crippen molar-refractivity contribution in [3.8, 4) is 5.75 Å². The minimum Gasteiger partial charge on any atom is -0.490 e. The highest BCUT2D eigenvalue weighted by Crippen LogP contribution is 2.29. The second kappa shape index (κ2) is 8.73. The molecule has 0 radical (unpaired) electrons. The molecule has 3 heterocycles. The van der Waals surface area contributed by atoms with Crippen LogP contribution in [0.15, 0.2) is 30.5 Å². The van der Waals surface area contributed by atoms with Crippen LogP contribution in [0.25, 0.3) is 10.9 Å². The fourth-order valence-corrected chi connectivity index (χ4v) is 4.07. The molecule has 0 atom stereocenters. The SMILES string of the molecule is NC(=O)Cn1ccc2c(OC3CCN(C(=O)NC4CCOCC4)CC3)cccc21. The van der Waals surface area contributed by atoms with E-state index in [4.69, 9.17) is 15.2 Å². The largest absolute Gasteiger partial charge is 0.490 e. The van der Waals surface area contributed by atoms with Gasteiger partial charge in [-0.1, -0.05) is 6.07 Å². The number of carbonyl (C=O) groups excluding carboxylic acids is 2. The number of aromatic nitrogens is 1. The van der Waals surface area contributed by atoms with Gasteiger partial charge in [0.05, 0.1) is 5.52 Å². The van der Waals surface area contributed by atoms with Crippen LogP contribution in [-0.4, -0.2) is 59.9 Å². The minimum atomic E-state index is -0.375. The molecule has 2 aliphatic heterocycles. The lowest BCUT2D eigenvalue weighted by molar-refractivity contribution is -0.118. The Labute approximate surface area is 169 Å². The van der Waals surface area contributed by atoms with E-state index >= 15 is 0 Å². The fourth-order valence-electron chi connectivity index (χ4n) is 4.07. The molecule has 1 aromatic carbocycles. The quantitative estimate of drug-likeness (QED) is 0.800. The van der Waals surface area contributed by atoms with Crippen LogP contribution < -0.4 is 15.8 Å². The monoisotopic (exact) mass is 400 g/mol. The number of urea groups is 1. The normalized spacial score (nSPS) is 18.7. The number of nitrogens with one attached hydrogen (secondary N) is 1. The molecule has 0 saturated carbocycles. The molecule has 4 rings (SSSR count). The maximum Gasteiger partial charge on any atom is 0.317 e. The van der Waals surface area contributed by atoms with E-state index in [1.807, 2.05) is 39.9 Å². The first-order chi connectivity index (χ1) is 14.1. The van der Waals surface area contributed by atoms with E-state index in [2.05, 4.69) is 5.32 Å². The van der Waals surface area contributed by atoms with Gasteiger partial charge in [-0.15, -0.1) is 0 Å². The predicted octanol–water partition coefficient (Wildman–Crippen LogP) is 1.86. The van der Waals surface area contributed by atoms with E-state index in [-0.39, 0.29) is 30.6 Å². The van der Waals surface area contributed by atoms with E-state index in [0.717, 1.165) is 42.3 Å². The molecule has 0 bridgehead atoms. The Kier molecular flexibility index (Phi) is 5.89. The standard InChI is InChI=1S/C21H28N4O4/c22-20(26)14-25-11-6-17-18(25)2-1-3-19(17)29-16-4-9-24(10-5-16)21(27)23-15-7-12-28-13-8-15/h1-3,6,11,15-16H,4-5,7-10,12-14H2,(H2,22,26)(H,23,27). The number of hydrogen-bond acceptors (Lipinski definition) is 4. The van der Waals surface area contributed by atoms with Crippen LogP contribution in [0.2, 0.25) is 0 Å². The Hall–Kier alpha value is -2.74. The van der Waals surface area contributed by atoms with E-state index in [1.54, 1.807) is 0 Å². The number of fused-ring (bicyclic) bond motifs is 1. The molecule has 8 nitrogen and oxygen atoms in total. The highest BCUT2D eigenvalue weighted by atomic mass is 16.5. The average Bonchev–Trinajstić information content (AvgIpc) is 3.12. The summed E-state index contributed by atoms with van der Waals surface area (Å²) in [6.07, 6.45) is 5.26. The summed E-state index contributed by atoms with van der Waals surface area (Å²) in [5, 5.41) is 4.09. The third kappa shape index (κ3) is 4.64. The Morgan fingerprint density at radius 1 is 1.14 bits per heavy atom. The number of ether oxygens (including phenoxy) is 2. The van der Waals surface area contributed by atoms with Crippen LogP contribution in [0.4, 0.5) is 4.79 Å². The lowest BCUT2D eigenvalue weighted by Gasteiger charge is -2.34. The van der Waals surface area contributed by atoms with Gasteiger partial charge in [-0.25, -0.2) is 4.79 Å². The molecular weight excluding hydrogens is 372 g/mol. The summed E-state index contributed by atoms with van der Waals surface area (Å²) in [6.45, 7) is 2.94. The number of carbonyl (C=O) groups is 2. The number of nitrogens with zero attached hydrogens (tertiary/aromatic N) is 2. The number of nitrogens with two attached hydrogens (primary N) is 1. The highest BCUT2D eigenvalue weighted by molar-refractivity contribution is 5.88. The van der Waals surface area contributed by atoms with E-state index in [1.165, 1.54) is 0 Å². The molecule has 8 heteroatoms. The fraction of sp³-hybridized carbons (Fsp3) is 0.524. The van der Waals surface area contributed by atoms with Crippen LogP contribution >= 0.6 is 0 Å². The first-order valence-corrected chi connectivity index (χ1v) is 10.3. The minimum absolute atomic E-state index is 0.0148. The van der Waals surface area contributed by atoms with Crippen molar-refractivity contribution in [3.05, 3.63) is 30.5 Å². The van der Waals surface area contributed by atoms with Crippen molar-refractivity contribution in [1.82, 2.24) is 14.8 Å². The summed E-state index contributed by atoms with van der Waals surface area (Å²) >= 11 is 0. The van der Waals surface area contributed by atoms with Crippen LogP contribution in [0, 0.1) is 0 Å². The van der Waals surface area contributed by atoms with Gasteiger partial charge >= 0.3 is 6.03 Å². The molecule has 2 aromatic rings. The second-order valence-corrected chi connectivity index (χ2v) is 7.74. The maximum atomic E-state index is 12.5. The number of likely N-dealkylation sites (tertiary alicyclic amines) is 1. The number of rotatable bonds is 5. The van der Waals surface area contributed by atoms with E-state index in [0.29, 0.717) is 26.3 Å². The smallest absolute Gasteiger partial charge is 0.317 e. The summed E-state index contributed by atoms with van der Waals surface area (Å²) in [6, 6.07) is 8.00. The molecule has 3 N–H and O–H groups in total. The summed E-state index contributed by atoms with van der Waals surface area (Å²) in [5.74, 6) is 0.427. The third-order valence-corrected chi connectivity index (χ3v) is 5.67. The van der Waals surface area contributed by atoms with Crippen molar-refractivity contribution in [2.45, 2.75) is 44.4 Å². The van der Waals surface area contributed by atoms with Crippen molar-refractivity contribution in [3.63, 3.8) is 0 Å². The van der Waals surface area contributed by atoms with Gasteiger partial charge in [0.1, 0.15) is 18.4 Å². The average molecular weight is 400 g/mol. The molecule has 2 fully saturated rings. The molecule has 2 aliphatic rings. The Morgan fingerprint density at radius 2 is 1.90 bits per heavy atom. The van der Waals surface area contributed by atoms with Crippen LogP contribution in [0.3, 0.4) is 0 Å². The van der Waals surface area contributed by atoms with Gasteiger partial charge in [0, 0.05) is 56.8 Å². The first-order valence-electron chi connectivity index (χ1n) is 10.3. The highest BCUT2D eigenvalue weighted by Gasteiger charge is 2.26. The summed E-state index contributed by atoms with van der Waals surface area (Å²) in [4.78, 5) is 25.6. The lowest BCUT2D eigenvalue weighted by atomic mass is 10.1. The van der Waals surface area contributed by atoms with Gasteiger partial charge in [0.25, 0.3) is 0 Å². The molecule has 0 aliphatic carbocycles. The van der Waals surface area contributed by atoms with Crippen LogP contribution in [0.1, 0.15) is 25.7 Å². The van der Waals surface area contributed by atoms with Gasteiger partial charge < -0.3 is 30.0 Å². The van der Waals surface area contributed by atoms with Crippen molar-refractivity contribution in [1.29, 1.82) is 0 Å². The molecule has 0 spiro atoms. The van der Waals surface area contributed by atoms with Crippen LogP contribution in [0.5, 0.6) is 5.75 Å². The zero-order valence-electron chi connectivity index (χ0n) is 16.5. The summed E-state index contributed by atoms with van der Waals surface area (Å²) in [5.41, 5.74) is 6.25. The van der Waals surface area contributed by atoms with Crippen molar-refractivity contribution in [2.75, 3.05) is 26.3 Å².